The van der Waals surface area contributed by atoms with E-state index in [4.69, 9.17) is 0 Å². The summed E-state index contributed by atoms with van der Waals surface area (Å²) in [6, 6.07) is 8.06. The Morgan fingerprint density at radius 2 is 1.96 bits per heavy atom. The lowest BCUT2D eigenvalue weighted by atomic mass is 10.2. The number of nitro groups is 1. The second-order valence-corrected chi connectivity index (χ2v) is 6.49. The van der Waals surface area contributed by atoms with E-state index in [0.29, 0.717) is 11.0 Å². The zero-order chi connectivity index (χ0) is 18.0. The first-order chi connectivity index (χ1) is 12.0. The number of thioether (sulfide) groups is 1. The van der Waals surface area contributed by atoms with Crippen LogP contribution in [0.4, 0.5) is 11.4 Å². The maximum atomic E-state index is 10.7. The van der Waals surface area contributed by atoms with Gasteiger partial charge in [0.2, 0.25) is 0 Å². The van der Waals surface area contributed by atoms with Crippen molar-refractivity contribution in [2.24, 2.45) is 7.05 Å². The van der Waals surface area contributed by atoms with Gasteiger partial charge in [0.05, 0.1) is 10.8 Å². The molecule has 0 aliphatic heterocycles. The van der Waals surface area contributed by atoms with Crippen molar-refractivity contribution in [3.8, 4) is 11.4 Å². The van der Waals surface area contributed by atoms with Crippen LogP contribution in [0.5, 0.6) is 0 Å². The normalized spacial score (nSPS) is 10.8. The molecule has 2 heterocycles. The maximum absolute atomic E-state index is 10.7. The van der Waals surface area contributed by atoms with Crippen LogP contribution in [-0.2, 0) is 12.9 Å². The lowest BCUT2D eigenvalue weighted by Crippen LogP contribution is -2.08. The first-order valence-corrected chi connectivity index (χ1v) is 8.41. The third kappa shape index (κ3) is 3.63. The number of anilines is 1. The van der Waals surface area contributed by atoms with E-state index < -0.39 is 4.92 Å². The van der Waals surface area contributed by atoms with E-state index in [1.165, 1.54) is 28.8 Å². The van der Waals surface area contributed by atoms with Crippen LogP contribution in [0, 0.1) is 10.1 Å². The van der Waals surface area contributed by atoms with Crippen LogP contribution >= 0.6 is 11.8 Å². The standard InChI is InChI=1S/C15H17N7O2S/c1-19(2)12-6-4-11(5-7-12)14-17-18-15(20(14)3)25-10-21-9-13(8-16-21)22(23)24/h4-9H,10H2,1-3H3. The zero-order valence-corrected chi connectivity index (χ0v) is 14.8. The molecule has 0 atom stereocenters. The molecule has 3 rings (SSSR count). The number of hydrogen-bond donors (Lipinski definition) is 0. The van der Waals surface area contributed by atoms with Gasteiger partial charge in [0.1, 0.15) is 12.4 Å². The van der Waals surface area contributed by atoms with Crippen molar-refractivity contribution in [3.05, 3.63) is 46.8 Å². The molecule has 25 heavy (non-hydrogen) atoms. The summed E-state index contributed by atoms with van der Waals surface area (Å²) in [6.07, 6.45) is 2.62. The molecule has 0 fully saturated rings. The number of benzene rings is 1. The number of nitrogens with zero attached hydrogens (tertiary/aromatic N) is 7. The fraction of sp³-hybridized carbons (Fsp3) is 0.267. The molecule has 3 aromatic rings. The van der Waals surface area contributed by atoms with E-state index in [-0.39, 0.29) is 5.69 Å². The molecule has 1 aromatic carbocycles. The molecule has 10 heteroatoms. The maximum Gasteiger partial charge on any atom is 0.307 e. The van der Waals surface area contributed by atoms with E-state index in [0.717, 1.165) is 17.1 Å². The third-order valence-electron chi connectivity index (χ3n) is 3.63. The highest BCUT2D eigenvalue weighted by Crippen LogP contribution is 2.25. The summed E-state index contributed by atoms with van der Waals surface area (Å²) in [4.78, 5) is 12.3. The van der Waals surface area contributed by atoms with E-state index in [2.05, 4.69) is 15.3 Å². The lowest BCUT2D eigenvalue weighted by molar-refractivity contribution is -0.385. The highest BCUT2D eigenvalue weighted by molar-refractivity contribution is 7.98. The van der Waals surface area contributed by atoms with Gasteiger partial charge in [-0.2, -0.15) is 5.10 Å². The second-order valence-electron chi connectivity index (χ2n) is 5.58. The van der Waals surface area contributed by atoms with Gasteiger partial charge in [-0.05, 0) is 24.3 Å². The van der Waals surface area contributed by atoms with Gasteiger partial charge in [-0.25, -0.2) is 0 Å². The molecule has 0 saturated carbocycles. The van der Waals surface area contributed by atoms with Gasteiger partial charge < -0.3 is 9.47 Å². The molecular formula is C15H17N7O2S. The minimum absolute atomic E-state index is 0.0276. The number of hydrogen-bond acceptors (Lipinski definition) is 7. The van der Waals surface area contributed by atoms with Crippen molar-refractivity contribution in [3.63, 3.8) is 0 Å². The minimum atomic E-state index is -0.466. The van der Waals surface area contributed by atoms with Gasteiger partial charge in [-0.15, -0.1) is 10.2 Å². The van der Waals surface area contributed by atoms with Crippen LogP contribution in [0.2, 0.25) is 0 Å². The molecule has 2 aromatic heterocycles. The van der Waals surface area contributed by atoms with Crippen LogP contribution in [0.3, 0.4) is 0 Å². The van der Waals surface area contributed by atoms with E-state index in [1.54, 1.807) is 0 Å². The lowest BCUT2D eigenvalue weighted by Gasteiger charge is -2.12. The van der Waals surface area contributed by atoms with Gasteiger partial charge in [0, 0.05) is 32.4 Å². The summed E-state index contributed by atoms with van der Waals surface area (Å²) in [5.74, 6) is 1.18. The molecule has 0 unspecified atom stereocenters. The van der Waals surface area contributed by atoms with Crippen molar-refractivity contribution < 1.29 is 4.92 Å². The van der Waals surface area contributed by atoms with Crippen molar-refractivity contribution in [2.75, 3.05) is 19.0 Å². The van der Waals surface area contributed by atoms with Crippen LogP contribution in [0.15, 0.2) is 41.8 Å². The van der Waals surface area contributed by atoms with E-state index in [1.807, 2.05) is 54.9 Å². The predicted octanol–water partition coefficient (Wildman–Crippen LogP) is 2.40. The smallest absolute Gasteiger partial charge is 0.307 e. The first kappa shape index (κ1) is 17.0. The Morgan fingerprint density at radius 3 is 2.56 bits per heavy atom. The molecular weight excluding hydrogens is 342 g/mol. The molecule has 0 radical (unpaired) electrons. The molecule has 0 aliphatic rings. The Labute approximate surface area is 148 Å². The fourth-order valence-corrected chi connectivity index (χ4v) is 3.01. The van der Waals surface area contributed by atoms with E-state index in [9.17, 15) is 10.1 Å². The van der Waals surface area contributed by atoms with Crippen LogP contribution in [0.1, 0.15) is 0 Å². The van der Waals surface area contributed by atoms with Crippen molar-refractivity contribution >= 4 is 23.1 Å². The summed E-state index contributed by atoms with van der Waals surface area (Å²) in [5, 5.41) is 23.8. The summed E-state index contributed by atoms with van der Waals surface area (Å²) in [6.45, 7) is 0. The Hall–Kier alpha value is -2.88. The monoisotopic (exact) mass is 359 g/mol. The molecule has 0 aliphatic carbocycles. The van der Waals surface area contributed by atoms with Gasteiger partial charge in [-0.1, -0.05) is 11.8 Å². The molecule has 0 N–H and O–H groups in total. The van der Waals surface area contributed by atoms with E-state index >= 15 is 0 Å². The molecule has 0 saturated heterocycles. The van der Waals surface area contributed by atoms with Crippen LogP contribution < -0.4 is 4.90 Å². The Balaban J connectivity index is 1.73. The van der Waals surface area contributed by atoms with Gasteiger partial charge in [0.15, 0.2) is 11.0 Å². The molecule has 9 nitrogen and oxygen atoms in total. The quantitative estimate of drug-likeness (QED) is 0.379. The second kappa shape index (κ2) is 6.93. The fourth-order valence-electron chi connectivity index (χ4n) is 2.24. The SMILES string of the molecule is CN(C)c1ccc(-c2nnc(SCn3cc([N+](=O)[O-])cn3)n2C)cc1. The third-order valence-corrected chi connectivity index (χ3v) is 4.64. The number of aromatic nitrogens is 5. The first-order valence-electron chi connectivity index (χ1n) is 7.42. The Morgan fingerprint density at radius 1 is 1.24 bits per heavy atom. The molecule has 0 spiro atoms. The number of rotatable bonds is 6. The van der Waals surface area contributed by atoms with Crippen LogP contribution in [-0.4, -0.2) is 43.6 Å². The predicted molar refractivity (Wildman–Crippen MR) is 95.5 cm³/mol. The minimum Gasteiger partial charge on any atom is -0.378 e. The van der Waals surface area contributed by atoms with Crippen molar-refractivity contribution in [1.29, 1.82) is 0 Å². The molecule has 0 bridgehead atoms. The molecule has 130 valence electrons. The Kier molecular flexibility index (Phi) is 4.70. The summed E-state index contributed by atoms with van der Waals surface area (Å²) < 4.78 is 3.40. The topological polar surface area (TPSA) is 94.9 Å². The largest absolute Gasteiger partial charge is 0.378 e. The van der Waals surface area contributed by atoms with Crippen molar-refractivity contribution in [2.45, 2.75) is 11.0 Å². The average molecular weight is 359 g/mol. The molecule has 0 amide bonds. The highest BCUT2D eigenvalue weighted by Gasteiger charge is 2.13. The summed E-state index contributed by atoms with van der Waals surface area (Å²) in [7, 11) is 5.88. The van der Waals surface area contributed by atoms with Gasteiger partial charge in [0.25, 0.3) is 0 Å². The van der Waals surface area contributed by atoms with Crippen LogP contribution in [0.25, 0.3) is 11.4 Å². The Bertz CT molecular complexity index is 886. The van der Waals surface area contributed by atoms with Gasteiger partial charge in [-0.3, -0.25) is 14.8 Å². The van der Waals surface area contributed by atoms with Crippen molar-refractivity contribution in [1.82, 2.24) is 24.5 Å². The highest BCUT2D eigenvalue weighted by atomic mass is 32.2. The zero-order valence-electron chi connectivity index (χ0n) is 14.0. The summed E-state index contributed by atoms with van der Waals surface area (Å²) >= 11 is 1.41. The average Bonchev–Trinajstić information content (AvgIpc) is 3.20. The summed E-state index contributed by atoms with van der Waals surface area (Å²) in [5.41, 5.74) is 2.06. The van der Waals surface area contributed by atoms with Gasteiger partial charge >= 0.3 is 5.69 Å².